The highest BCUT2D eigenvalue weighted by Gasteiger charge is 2.33. The molecular weight excluding hydrogens is 562 g/mol. The fourth-order valence-corrected chi connectivity index (χ4v) is 5.89. The van der Waals surface area contributed by atoms with Crippen molar-refractivity contribution in [3.05, 3.63) is 88.4 Å². The van der Waals surface area contributed by atoms with Crippen LogP contribution >= 0.6 is 11.6 Å². The molecule has 0 aromatic heterocycles. The van der Waals surface area contributed by atoms with E-state index in [1.807, 2.05) is 52.0 Å². The second kappa shape index (κ2) is 13.9. The first-order valence-electron chi connectivity index (χ1n) is 13.5. The molecule has 2 amide bonds. The van der Waals surface area contributed by atoms with Crippen LogP contribution in [0.25, 0.3) is 0 Å². The first-order chi connectivity index (χ1) is 19.4. The first-order valence-corrected chi connectivity index (χ1v) is 15.3. The van der Waals surface area contributed by atoms with Crippen molar-refractivity contribution < 1.29 is 22.7 Å². The molecule has 8 nitrogen and oxygen atoms in total. The van der Waals surface area contributed by atoms with Gasteiger partial charge in [0.25, 0.3) is 10.0 Å². The Kier molecular flexibility index (Phi) is 10.8. The smallest absolute Gasteiger partial charge is 0.264 e. The Morgan fingerprint density at radius 1 is 0.976 bits per heavy atom. The van der Waals surface area contributed by atoms with Crippen LogP contribution in [0.15, 0.2) is 71.6 Å². The third kappa shape index (κ3) is 8.01. The molecule has 0 fully saturated rings. The quantitative estimate of drug-likeness (QED) is 0.297. The van der Waals surface area contributed by atoms with E-state index in [9.17, 15) is 18.0 Å². The minimum absolute atomic E-state index is 0.0237. The molecule has 0 aliphatic rings. The number of amides is 2. The fraction of sp³-hybridized carbons (Fsp3) is 0.355. The van der Waals surface area contributed by atoms with Crippen LogP contribution in [0.3, 0.4) is 0 Å². The normalized spacial score (nSPS) is 12.8. The summed E-state index contributed by atoms with van der Waals surface area (Å²) in [4.78, 5) is 28.6. The van der Waals surface area contributed by atoms with Gasteiger partial charge in [-0.2, -0.15) is 0 Å². The molecule has 0 unspecified atom stereocenters. The molecule has 0 saturated heterocycles. The van der Waals surface area contributed by atoms with E-state index in [-0.39, 0.29) is 34.1 Å². The molecule has 41 heavy (non-hydrogen) atoms. The van der Waals surface area contributed by atoms with Crippen LogP contribution in [0.2, 0.25) is 5.02 Å². The molecule has 0 bridgehead atoms. The van der Waals surface area contributed by atoms with E-state index in [1.54, 1.807) is 25.1 Å². The van der Waals surface area contributed by atoms with Crippen molar-refractivity contribution in [2.24, 2.45) is 0 Å². The standard InChI is InChI=1S/C31H38ClN3O5S/c1-7-23(4)33-31(37)24(5)34(19-25-10-8-9-22(3)17-25)30(36)20-35(26-13-16-29(40-6)28(32)18-26)41(38,39)27-14-11-21(2)12-15-27/h8-18,23-24H,7,19-20H2,1-6H3,(H,33,37)/t23-,24+/m1/s1. The van der Waals surface area contributed by atoms with E-state index in [0.29, 0.717) is 5.75 Å². The molecule has 0 saturated carbocycles. The average Bonchev–Trinajstić information content (AvgIpc) is 2.94. The Balaban J connectivity index is 2.06. The molecule has 0 heterocycles. The maximum Gasteiger partial charge on any atom is 0.264 e. The maximum atomic E-state index is 14.0. The second-order valence-corrected chi connectivity index (χ2v) is 12.4. The highest BCUT2D eigenvalue weighted by atomic mass is 35.5. The second-order valence-electron chi connectivity index (χ2n) is 10.1. The summed E-state index contributed by atoms with van der Waals surface area (Å²) in [6.07, 6.45) is 0.727. The number of methoxy groups -OCH3 is 1. The van der Waals surface area contributed by atoms with E-state index in [1.165, 1.54) is 36.3 Å². The van der Waals surface area contributed by atoms with Crippen LogP contribution in [0.1, 0.15) is 43.9 Å². The van der Waals surface area contributed by atoms with Crippen LogP contribution in [0, 0.1) is 13.8 Å². The van der Waals surface area contributed by atoms with E-state index < -0.39 is 28.5 Å². The lowest BCUT2D eigenvalue weighted by Gasteiger charge is -2.32. The van der Waals surface area contributed by atoms with Gasteiger partial charge in [0.1, 0.15) is 18.3 Å². The number of ether oxygens (including phenoxy) is 1. The number of aryl methyl sites for hydroxylation is 2. The monoisotopic (exact) mass is 599 g/mol. The molecule has 0 spiro atoms. The van der Waals surface area contributed by atoms with Crippen LogP contribution in [0.5, 0.6) is 5.75 Å². The molecule has 2 atom stereocenters. The van der Waals surface area contributed by atoms with Gasteiger partial charge in [0, 0.05) is 12.6 Å². The highest BCUT2D eigenvalue weighted by molar-refractivity contribution is 7.92. The molecular formula is C31H38ClN3O5S. The molecule has 3 rings (SSSR count). The average molecular weight is 600 g/mol. The lowest BCUT2D eigenvalue weighted by Crippen LogP contribution is -2.52. The van der Waals surface area contributed by atoms with Gasteiger partial charge in [-0.1, -0.05) is 66.0 Å². The third-order valence-electron chi connectivity index (χ3n) is 6.91. The van der Waals surface area contributed by atoms with Crippen molar-refractivity contribution in [1.29, 1.82) is 0 Å². The summed E-state index contributed by atoms with van der Waals surface area (Å²) in [6, 6.07) is 17.6. The summed E-state index contributed by atoms with van der Waals surface area (Å²) in [5.74, 6) is -0.493. The largest absolute Gasteiger partial charge is 0.495 e. The minimum Gasteiger partial charge on any atom is -0.495 e. The number of benzene rings is 3. The zero-order valence-electron chi connectivity index (χ0n) is 24.3. The number of hydrogen-bond acceptors (Lipinski definition) is 5. The van der Waals surface area contributed by atoms with Crippen molar-refractivity contribution >= 4 is 39.1 Å². The van der Waals surface area contributed by atoms with E-state index in [4.69, 9.17) is 16.3 Å². The molecule has 3 aromatic rings. The summed E-state index contributed by atoms with van der Waals surface area (Å²) in [5.41, 5.74) is 2.91. The van der Waals surface area contributed by atoms with Gasteiger partial charge in [-0.15, -0.1) is 0 Å². The summed E-state index contributed by atoms with van der Waals surface area (Å²) in [7, 11) is -2.74. The number of hydrogen-bond donors (Lipinski definition) is 1. The van der Waals surface area contributed by atoms with Gasteiger partial charge >= 0.3 is 0 Å². The zero-order valence-corrected chi connectivity index (χ0v) is 25.9. The molecule has 0 aliphatic carbocycles. The van der Waals surface area contributed by atoms with Crippen LogP contribution in [-0.2, 0) is 26.2 Å². The van der Waals surface area contributed by atoms with E-state index in [2.05, 4.69) is 5.32 Å². The molecule has 1 N–H and O–H groups in total. The van der Waals surface area contributed by atoms with Gasteiger partial charge in [0.2, 0.25) is 11.8 Å². The van der Waals surface area contributed by atoms with Gasteiger partial charge in [-0.3, -0.25) is 13.9 Å². The third-order valence-corrected chi connectivity index (χ3v) is 9.00. The van der Waals surface area contributed by atoms with E-state index >= 15 is 0 Å². The number of nitrogens with one attached hydrogen (secondary N) is 1. The van der Waals surface area contributed by atoms with Gasteiger partial charge in [-0.05, 0) is 70.0 Å². The van der Waals surface area contributed by atoms with Gasteiger partial charge < -0.3 is 15.0 Å². The Hall–Kier alpha value is -3.56. The van der Waals surface area contributed by atoms with Crippen molar-refractivity contribution in [3.8, 4) is 5.75 Å². The molecule has 10 heteroatoms. The highest BCUT2D eigenvalue weighted by Crippen LogP contribution is 2.32. The maximum absolute atomic E-state index is 14.0. The molecule has 0 radical (unpaired) electrons. The summed E-state index contributed by atoms with van der Waals surface area (Å²) >= 11 is 6.37. The number of sulfonamides is 1. The van der Waals surface area contributed by atoms with E-state index in [0.717, 1.165) is 27.4 Å². The number of halogens is 1. The topological polar surface area (TPSA) is 96.0 Å². The van der Waals surface area contributed by atoms with Gasteiger partial charge in [0.15, 0.2) is 0 Å². The Morgan fingerprint density at radius 2 is 1.66 bits per heavy atom. The SMILES string of the molecule is CC[C@@H](C)NC(=O)[C@H](C)N(Cc1cccc(C)c1)C(=O)CN(c1ccc(OC)c(Cl)c1)S(=O)(=O)c1ccc(C)cc1. The predicted molar refractivity (Wildman–Crippen MR) is 163 cm³/mol. The lowest BCUT2D eigenvalue weighted by molar-refractivity contribution is -0.139. The number of rotatable bonds is 12. The number of nitrogens with zero attached hydrogens (tertiary/aromatic N) is 2. The lowest BCUT2D eigenvalue weighted by atomic mass is 10.1. The summed E-state index contributed by atoms with van der Waals surface area (Å²) in [5, 5.41) is 3.13. The van der Waals surface area contributed by atoms with Crippen molar-refractivity contribution in [1.82, 2.24) is 10.2 Å². The fourth-order valence-electron chi connectivity index (χ4n) is 4.23. The summed E-state index contributed by atoms with van der Waals surface area (Å²) < 4.78 is 34.2. The predicted octanol–water partition coefficient (Wildman–Crippen LogP) is 5.49. The van der Waals surface area contributed by atoms with Gasteiger partial charge in [-0.25, -0.2) is 8.42 Å². The Morgan fingerprint density at radius 3 is 2.24 bits per heavy atom. The van der Waals surface area contributed by atoms with Crippen molar-refractivity contribution in [2.75, 3.05) is 18.0 Å². The van der Waals surface area contributed by atoms with Crippen molar-refractivity contribution in [2.45, 2.75) is 64.6 Å². The number of carbonyl (C=O) groups excluding carboxylic acids is 2. The molecule has 3 aromatic carbocycles. The first kappa shape index (κ1) is 32.0. The van der Waals surface area contributed by atoms with Gasteiger partial charge in [0.05, 0.1) is 22.7 Å². The van der Waals surface area contributed by atoms with Crippen LogP contribution in [0.4, 0.5) is 5.69 Å². The Bertz CT molecular complexity index is 1480. The molecule has 220 valence electrons. The number of anilines is 1. The van der Waals surface area contributed by atoms with Crippen LogP contribution < -0.4 is 14.4 Å². The molecule has 0 aliphatic heterocycles. The summed E-state index contributed by atoms with van der Waals surface area (Å²) in [6.45, 7) is 8.87. The van der Waals surface area contributed by atoms with Crippen LogP contribution in [-0.4, -0.2) is 50.9 Å². The van der Waals surface area contributed by atoms with Crippen molar-refractivity contribution in [3.63, 3.8) is 0 Å². The zero-order chi connectivity index (χ0) is 30.3. The number of carbonyl (C=O) groups is 2. The minimum atomic E-state index is -4.20. The Labute approximate surface area is 248 Å².